The summed E-state index contributed by atoms with van der Waals surface area (Å²) in [6, 6.07) is 8.05. The van der Waals surface area contributed by atoms with Crippen LogP contribution in [0.4, 0.5) is 0 Å². The zero-order valence-corrected chi connectivity index (χ0v) is 17.4. The second-order valence-corrected chi connectivity index (χ2v) is 8.00. The minimum absolute atomic E-state index is 0.158. The summed E-state index contributed by atoms with van der Waals surface area (Å²) in [5.41, 5.74) is 2.82. The van der Waals surface area contributed by atoms with Crippen LogP contribution < -0.4 is 10.1 Å². The monoisotopic (exact) mass is 407 g/mol. The van der Waals surface area contributed by atoms with E-state index in [1.54, 1.807) is 13.2 Å². The first kappa shape index (κ1) is 20.3. The summed E-state index contributed by atoms with van der Waals surface area (Å²) in [5.74, 6) is 2.18. The molecular formula is C24H29N3O3. The first-order chi connectivity index (χ1) is 14.7. The fraction of sp³-hybridized carbons (Fsp3) is 0.417. The topological polar surface area (TPSA) is 74.7 Å². The van der Waals surface area contributed by atoms with E-state index >= 15 is 0 Å². The molecule has 6 heteroatoms. The van der Waals surface area contributed by atoms with Gasteiger partial charge < -0.3 is 25.1 Å². The minimum atomic E-state index is 0.158. The van der Waals surface area contributed by atoms with Crippen molar-refractivity contribution in [1.29, 1.82) is 5.41 Å². The number of nitrogens with zero attached hydrogens (tertiary/aromatic N) is 1. The van der Waals surface area contributed by atoms with Crippen LogP contribution in [-0.2, 0) is 9.53 Å². The number of nitrogens with one attached hydrogen (secondary N) is 2. The molecule has 4 rings (SSSR count). The van der Waals surface area contributed by atoms with E-state index in [2.05, 4.69) is 5.32 Å². The van der Waals surface area contributed by atoms with Crippen LogP contribution in [0.5, 0.6) is 5.75 Å². The number of rotatable bonds is 6. The van der Waals surface area contributed by atoms with Gasteiger partial charge in [-0.1, -0.05) is 18.6 Å². The molecule has 0 bridgehead atoms. The SMILES string of the molecule is COC1=CC(c2ccc(OC3CCN(C(=O)C4CCC4)CC3)cc2)=CN/C1=C\C=N. The quantitative estimate of drug-likeness (QED) is 0.702. The van der Waals surface area contributed by atoms with Crippen molar-refractivity contribution in [3.8, 4) is 5.75 Å². The van der Waals surface area contributed by atoms with E-state index in [1.807, 2.05) is 41.4 Å². The van der Waals surface area contributed by atoms with E-state index in [4.69, 9.17) is 14.9 Å². The van der Waals surface area contributed by atoms with Crippen molar-refractivity contribution < 1.29 is 14.3 Å². The molecule has 0 aromatic heterocycles. The molecule has 6 nitrogen and oxygen atoms in total. The van der Waals surface area contributed by atoms with Crippen LogP contribution in [0.1, 0.15) is 37.7 Å². The van der Waals surface area contributed by atoms with E-state index in [1.165, 1.54) is 12.6 Å². The molecule has 0 spiro atoms. The molecule has 2 N–H and O–H groups in total. The maximum absolute atomic E-state index is 12.4. The Morgan fingerprint density at radius 1 is 1.17 bits per heavy atom. The number of hydrogen-bond acceptors (Lipinski definition) is 5. The molecular weight excluding hydrogens is 378 g/mol. The number of piperidine rings is 1. The van der Waals surface area contributed by atoms with Crippen molar-refractivity contribution in [3.05, 3.63) is 59.6 Å². The predicted octanol–water partition coefficient (Wildman–Crippen LogP) is 3.86. The normalized spacial score (nSPS) is 21.2. The van der Waals surface area contributed by atoms with Gasteiger partial charge in [-0.15, -0.1) is 0 Å². The van der Waals surface area contributed by atoms with E-state index in [0.29, 0.717) is 11.7 Å². The number of dihydropyridines is 1. The van der Waals surface area contributed by atoms with Crippen LogP contribution in [0, 0.1) is 11.3 Å². The maximum atomic E-state index is 12.4. The summed E-state index contributed by atoms with van der Waals surface area (Å²) in [4.78, 5) is 14.4. The highest BCUT2D eigenvalue weighted by Crippen LogP contribution is 2.30. The smallest absolute Gasteiger partial charge is 0.225 e. The van der Waals surface area contributed by atoms with E-state index in [-0.39, 0.29) is 12.0 Å². The van der Waals surface area contributed by atoms with Crippen LogP contribution in [-0.4, -0.2) is 43.3 Å². The summed E-state index contributed by atoms with van der Waals surface area (Å²) in [6.45, 7) is 1.60. The molecule has 30 heavy (non-hydrogen) atoms. The summed E-state index contributed by atoms with van der Waals surface area (Å²) in [5, 5.41) is 10.4. The molecule has 1 amide bonds. The van der Waals surface area contributed by atoms with Gasteiger partial charge in [0.2, 0.25) is 5.91 Å². The molecule has 2 heterocycles. The molecule has 0 radical (unpaired) electrons. The summed E-state index contributed by atoms with van der Waals surface area (Å²) < 4.78 is 11.6. The summed E-state index contributed by atoms with van der Waals surface area (Å²) >= 11 is 0. The van der Waals surface area contributed by atoms with E-state index < -0.39 is 0 Å². The van der Waals surface area contributed by atoms with Crippen molar-refractivity contribution in [2.45, 2.75) is 38.2 Å². The van der Waals surface area contributed by atoms with Gasteiger partial charge in [0, 0.05) is 49.8 Å². The number of ether oxygens (including phenoxy) is 2. The van der Waals surface area contributed by atoms with Gasteiger partial charge in [0.25, 0.3) is 0 Å². The number of allylic oxidation sites excluding steroid dienone is 3. The number of methoxy groups -OCH3 is 1. The summed E-state index contributed by atoms with van der Waals surface area (Å²) in [7, 11) is 1.62. The van der Waals surface area contributed by atoms with Crippen LogP contribution in [0.25, 0.3) is 5.57 Å². The lowest BCUT2D eigenvalue weighted by Gasteiger charge is -2.36. The number of carbonyl (C=O) groups is 1. The average Bonchev–Trinajstić information content (AvgIpc) is 2.74. The lowest BCUT2D eigenvalue weighted by molar-refractivity contribution is -0.140. The number of carbonyl (C=O) groups excluding carboxylic acids is 1. The molecule has 1 saturated carbocycles. The zero-order chi connectivity index (χ0) is 20.9. The van der Waals surface area contributed by atoms with Gasteiger partial charge in [-0.2, -0.15) is 0 Å². The molecule has 1 saturated heterocycles. The first-order valence-electron chi connectivity index (χ1n) is 10.7. The highest BCUT2D eigenvalue weighted by molar-refractivity contribution is 5.80. The average molecular weight is 408 g/mol. The highest BCUT2D eigenvalue weighted by atomic mass is 16.5. The van der Waals surface area contributed by atoms with Crippen molar-refractivity contribution >= 4 is 17.7 Å². The molecule has 2 aliphatic heterocycles. The van der Waals surface area contributed by atoms with Gasteiger partial charge in [0.1, 0.15) is 17.6 Å². The second-order valence-electron chi connectivity index (χ2n) is 8.00. The number of likely N-dealkylation sites (tertiary alicyclic amines) is 1. The number of hydrogen-bond donors (Lipinski definition) is 2. The predicted molar refractivity (Wildman–Crippen MR) is 117 cm³/mol. The standard InChI is InChI=1S/C24H29N3O3/c1-29-23-15-19(16-26-22(23)9-12-25)17-5-7-20(8-6-17)30-21-10-13-27(14-11-21)24(28)18-3-2-4-18/h5-9,12,15-16,18,21,25-26H,2-4,10-11,13-14H2,1H3/b22-9-,25-12?. The van der Waals surface area contributed by atoms with Crippen LogP contribution in [0.3, 0.4) is 0 Å². The third kappa shape index (κ3) is 4.42. The van der Waals surface area contributed by atoms with Gasteiger partial charge in [-0.25, -0.2) is 0 Å². The Bertz CT molecular complexity index is 873. The Morgan fingerprint density at radius 2 is 1.90 bits per heavy atom. The largest absolute Gasteiger partial charge is 0.495 e. The summed E-state index contributed by atoms with van der Waals surface area (Å²) in [6.07, 6.45) is 12.0. The fourth-order valence-electron chi connectivity index (χ4n) is 4.06. The van der Waals surface area contributed by atoms with Crippen LogP contribution >= 0.6 is 0 Å². The molecule has 0 atom stereocenters. The van der Waals surface area contributed by atoms with Crippen molar-refractivity contribution in [2.24, 2.45) is 5.92 Å². The first-order valence-corrected chi connectivity index (χ1v) is 10.7. The van der Waals surface area contributed by atoms with Crippen LogP contribution in [0.2, 0.25) is 0 Å². The van der Waals surface area contributed by atoms with Crippen molar-refractivity contribution in [2.75, 3.05) is 20.2 Å². The highest BCUT2D eigenvalue weighted by Gasteiger charge is 2.32. The lowest BCUT2D eigenvalue weighted by atomic mass is 9.84. The molecule has 0 unspecified atom stereocenters. The third-order valence-electron chi connectivity index (χ3n) is 6.10. The molecule has 1 aromatic carbocycles. The molecule has 3 aliphatic rings. The Morgan fingerprint density at radius 3 is 2.50 bits per heavy atom. The van der Waals surface area contributed by atoms with Crippen molar-refractivity contribution in [1.82, 2.24) is 10.2 Å². The molecule has 1 aromatic rings. The Kier molecular flexibility index (Phi) is 6.21. The Balaban J connectivity index is 1.32. The van der Waals surface area contributed by atoms with Crippen molar-refractivity contribution in [3.63, 3.8) is 0 Å². The van der Waals surface area contributed by atoms with Crippen LogP contribution in [0.15, 0.2) is 54.1 Å². The maximum Gasteiger partial charge on any atom is 0.225 e. The fourth-order valence-corrected chi connectivity index (χ4v) is 4.06. The number of amides is 1. The Hall–Kier alpha value is -3.02. The molecule has 2 fully saturated rings. The van der Waals surface area contributed by atoms with Gasteiger partial charge >= 0.3 is 0 Å². The minimum Gasteiger partial charge on any atom is -0.495 e. The second kappa shape index (κ2) is 9.20. The Labute approximate surface area is 177 Å². The van der Waals surface area contributed by atoms with E-state index in [0.717, 1.165) is 61.4 Å². The lowest BCUT2D eigenvalue weighted by Crippen LogP contribution is -2.45. The molecule has 1 aliphatic carbocycles. The van der Waals surface area contributed by atoms with Gasteiger partial charge in [-0.05, 0) is 42.7 Å². The zero-order valence-electron chi connectivity index (χ0n) is 17.4. The number of benzene rings is 1. The van der Waals surface area contributed by atoms with Gasteiger partial charge in [-0.3, -0.25) is 4.79 Å². The van der Waals surface area contributed by atoms with Gasteiger partial charge in [0.15, 0.2) is 0 Å². The third-order valence-corrected chi connectivity index (χ3v) is 6.10. The van der Waals surface area contributed by atoms with Gasteiger partial charge in [0.05, 0.1) is 12.8 Å². The molecule has 158 valence electrons. The van der Waals surface area contributed by atoms with E-state index in [9.17, 15) is 4.79 Å².